The highest BCUT2D eigenvalue weighted by Crippen LogP contribution is 2.23. The SMILES string of the molecule is C[N+]1(Cc2ccccc2)C=c2[nH]c(-c3c(F)cccc3F)cc2=CC1. The third-order valence-corrected chi connectivity index (χ3v) is 4.67. The van der Waals surface area contributed by atoms with Crippen molar-refractivity contribution in [2.45, 2.75) is 6.54 Å². The molecule has 4 rings (SSSR count). The molecule has 0 fully saturated rings. The van der Waals surface area contributed by atoms with Crippen LogP contribution in [0.4, 0.5) is 8.78 Å². The Kier molecular flexibility index (Phi) is 3.77. The van der Waals surface area contributed by atoms with E-state index in [0.717, 1.165) is 23.7 Å². The third-order valence-electron chi connectivity index (χ3n) is 4.67. The molecule has 0 saturated carbocycles. The van der Waals surface area contributed by atoms with Gasteiger partial charge in [-0.3, -0.25) is 4.48 Å². The van der Waals surface area contributed by atoms with Gasteiger partial charge in [-0.15, -0.1) is 0 Å². The summed E-state index contributed by atoms with van der Waals surface area (Å²) in [6, 6.07) is 16.1. The first-order valence-electron chi connectivity index (χ1n) is 8.29. The maximum atomic E-state index is 14.1. The van der Waals surface area contributed by atoms with Crippen LogP contribution in [0.1, 0.15) is 5.56 Å². The first-order chi connectivity index (χ1) is 12.0. The smallest absolute Gasteiger partial charge is 0.135 e. The van der Waals surface area contributed by atoms with E-state index in [1.165, 1.54) is 23.8 Å². The van der Waals surface area contributed by atoms with Crippen molar-refractivity contribution in [1.82, 2.24) is 4.98 Å². The molecule has 2 aromatic carbocycles. The fourth-order valence-corrected chi connectivity index (χ4v) is 3.43. The van der Waals surface area contributed by atoms with Gasteiger partial charge in [-0.1, -0.05) is 36.4 Å². The zero-order chi connectivity index (χ0) is 17.4. The van der Waals surface area contributed by atoms with Gasteiger partial charge in [0.2, 0.25) is 0 Å². The molecule has 0 radical (unpaired) electrons. The van der Waals surface area contributed by atoms with Gasteiger partial charge in [0, 0.05) is 10.8 Å². The van der Waals surface area contributed by atoms with Crippen molar-refractivity contribution in [2.75, 3.05) is 13.6 Å². The molecule has 2 nitrogen and oxygen atoms in total. The number of H-pyrrole nitrogens is 1. The van der Waals surface area contributed by atoms with Gasteiger partial charge >= 0.3 is 0 Å². The maximum absolute atomic E-state index is 14.1. The summed E-state index contributed by atoms with van der Waals surface area (Å²) in [4.78, 5) is 3.19. The summed E-state index contributed by atoms with van der Waals surface area (Å²) < 4.78 is 28.8. The molecule has 0 amide bonds. The highest BCUT2D eigenvalue weighted by molar-refractivity contribution is 5.62. The molecule has 0 spiro atoms. The van der Waals surface area contributed by atoms with Crippen molar-refractivity contribution in [1.29, 1.82) is 0 Å². The molecule has 1 aromatic heterocycles. The number of hydrogen-bond donors (Lipinski definition) is 1. The Labute approximate surface area is 144 Å². The van der Waals surface area contributed by atoms with Gasteiger partial charge in [0.1, 0.15) is 30.9 Å². The standard InChI is InChI=1S/C21H19F2N2/c1-25(13-15-6-3-2-4-7-15)11-10-16-12-19(24-20(16)14-25)21-17(22)8-5-9-18(21)23/h2-10,12,14,24H,11,13H2,1H3/q+1. The van der Waals surface area contributed by atoms with Crippen LogP contribution in [0.5, 0.6) is 0 Å². The highest BCUT2D eigenvalue weighted by atomic mass is 19.1. The molecule has 0 aliphatic carbocycles. The number of nitrogens with one attached hydrogen (secondary N) is 1. The second-order valence-electron chi connectivity index (χ2n) is 6.79. The van der Waals surface area contributed by atoms with Crippen molar-refractivity contribution >= 4 is 12.3 Å². The number of quaternary nitrogens is 1. The Bertz CT molecular complexity index is 1020. The van der Waals surface area contributed by atoms with E-state index in [4.69, 9.17) is 0 Å². The summed E-state index contributed by atoms with van der Waals surface area (Å²) >= 11 is 0. The number of aromatic nitrogens is 1. The third kappa shape index (κ3) is 3.01. The van der Waals surface area contributed by atoms with E-state index in [9.17, 15) is 8.78 Å². The average Bonchev–Trinajstić information content (AvgIpc) is 2.97. The summed E-state index contributed by atoms with van der Waals surface area (Å²) in [5.41, 5.74) is 1.72. The molecule has 1 unspecified atom stereocenters. The number of hydrogen-bond acceptors (Lipinski definition) is 0. The lowest BCUT2D eigenvalue weighted by Crippen LogP contribution is -2.45. The van der Waals surface area contributed by atoms with Gasteiger partial charge in [-0.05, 0) is 24.3 Å². The summed E-state index contributed by atoms with van der Waals surface area (Å²) in [5.74, 6) is -1.11. The molecule has 1 aliphatic heterocycles. The molecule has 2 heterocycles. The fraction of sp³-hybridized carbons (Fsp3) is 0.143. The predicted octanol–water partition coefficient (Wildman–Crippen LogP) is 3.14. The van der Waals surface area contributed by atoms with Gasteiger partial charge in [0.05, 0.1) is 23.7 Å². The number of halogens is 2. The van der Waals surface area contributed by atoms with E-state index < -0.39 is 11.6 Å². The quantitative estimate of drug-likeness (QED) is 0.707. The minimum absolute atomic E-state index is 0.00374. The van der Waals surface area contributed by atoms with Crippen LogP contribution in [0.3, 0.4) is 0 Å². The number of fused-ring (bicyclic) bond motifs is 1. The van der Waals surface area contributed by atoms with E-state index in [1.807, 2.05) is 24.3 Å². The highest BCUT2D eigenvalue weighted by Gasteiger charge is 2.22. The number of benzene rings is 2. The first-order valence-corrected chi connectivity index (χ1v) is 8.29. The Morgan fingerprint density at radius 1 is 1.00 bits per heavy atom. The molecule has 25 heavy (non-hydrogen) atoms. The number of rotatable bonds is 3. The molecule has 126 valence electrons. The van der Waals surface area contributed by atoms with Crippen molar-refractivity contribution in [3.05, 3.63) is 82.4 Å². The molecule has 0 bridgehead atoms. The predicted molar refractivity (Wildman–Crippen MR) is 95.5 cm³/mol. The Morgan fingerprint density at radius 2 is 1.72 bits per heavy atom. The monoisotopic (exact) mass is 337 g/mol. The van der Waals surface area contributed by atoms with Crippen molar-refractivity contribution in [3.63, 3.8) is 0 Å². The first kappa shape index (κ1) is 15.8. The Hall–Kier alpha value is -2.72. The number of nitrogens with zero attached hydrogens (tertiary/aromatic N) is 1. The Morgan fingerprint density at radius 3 is 2.44 bits per heavy atom. The molecule has 0 saturated heterocycles. The van der Waals surface area contributed by atoms with Crippen LogP contribution in [0.25, 0.3) is 23.5 Å². The van der Waals surface area contributed by atoms with Crippen LogP contribution in [0, 0.1) is 11.6 Å². The lowest BCUT2D eigenvalue weighted by atomic mass is 10.1. The lowest BCUT2D eigenvalue weighted by molar-refractivity contribution is -0.838. The minimum atomic E-state index is -0.555. The normalized spacial score (nSPS) is 19.0. The van der Waals surface area contributed by atoms with Gasteiger partial charge in [0.15, 0.2) is 0 Å². The van der Waals surface area contributed by atoms with E-state index >= 15 is 0 Å². The van der Waals surface area contributed by atoms with Crippen LogP contribution >= 0.6 is 0 Å². The van der Waals surface area contributed by atoms with Crippen molar-refractivity contribution in [2.24, 2.45) is 0 Å². The largest absolute Gasteiger partial charge is 0.350 e. The van der Waals surface area contributed by atoms with Crippen LogP contribution in [-0.2, 0) is 6.54 Å². The molecular formula is C21H19F2N2+. The maximum Gasteiger partial charge on any atom is 0.135 e. The summed E-state index contributed by atoms with van der Waals surface area (Å²) in [7, 11) is 2.15. The summed E-state index contributed by atoms with van der Waals surface area (Å²) in [6.45, 7) is 1.69. The second kappa shape index (κ2) is 5.97. The van der Waals surface area contributed by atoms with Crippen LogP contribution in [0.15, 0.2) is 54.6 Å². The van der Waals surface area contributed by atoms with Crippen LogP contribution in [0.2, 0.25) is 0 Å². The van der Waals surface area contributed by atoms with Crippen molar-refractivity contribution in [3.8, 4) is 11.3 Å². The van der Waals surface area contributed by atoms with Crippen molar-refractivity contribution < 1.29 is 13.3 Å². The molecule has 3 aromatic rings. The topological polar surface area (TPSA) is 15.8 Å². The van der Waals surface area contributed by atoms with E-state index in [1.54, 1.807) is 0 Å². The van der Waals surface area contributed by atoms with E-state index in [2.05, 4.69) is 36.4 Å². The van der Waals surface area contributed by atoms with Gasteiger partial charge in [0.25, 0.3) is 0 Å². The molecule has 4 heteroatoms. The second-order valence-corrected chi connectivity index (χ2v) is 6.79. The summed E-state index contributed by atoms with van der Waals surface area (Å²) in [5, 5.41) is 1.89. The van der Waals surface area contributed by atoms with Crippen LogP contribution < -0.4 is 10.6 Å². The number of aromatic amines is 1. The lowest BCUT2D eigenvalue weighted by Gasteiger charge is -2.30. The van der Waals surface area contributed by atoms with Crippen LogP contribution in [-0.4, -0.2) is 23.1 Å². The molecule has 1 N–H and O–H groups in total. The zero-order valence-electron chi connectivity index (χ0n) is 14.0. The zero-order valence-corrected chi connectivity index (χ0v) is 14.0. The molecule has 1 aliphatic rings. The fourth-order valence-electron chi connectivity index (χ4n) is 3.43. The molecular weight excluding hydrogens is 318 g/mol. The van der Waals surface area contributed by atoms with E-state index in [-0.39, 0.29) is 5.56 Å². The van der Waals surface area contributed by atoms with Gasteiger partial charge in [-0.25, -0.2) is 8.78 Å². The molecule has 1 atom stereocenters. The Balaban J connectivity index is 1.75. The van der Waals surface area contributed by atoms with Gasteiger partial charge in [-0.2, -0.15) is 0 Å². The van der Waals surface area contributed by atoms with E-state index in [0.29, 0.717) is 10.2 Å². The summed E-state index contributed by atoms with van der Waals surface area (Å²) in [6.07, 6.45) is 4.25. The van der Waals surface area contributed by atoms with Gasteiger partial charge < -0.3 is 4.98 Å². The average molecular weight is 337 g/mol. The minimum Gasteiger partial charge on any atom is -0.350 e.